The van der Waals surface area contributed by atoms with Crippen molar-refractivity contribution in [1.29, 1.82) is 0 Å². The number of nitrogens with one attached hydrogen (secondary N) is 1. The van der Waals surface area contributed by atoms with Crippen LogP contribution in [-0.4, -0.2) is 23.4 Å². The number of ether oxygens (including phenoxy) is 1. The van der Waals surface area contributed by atoms with Gasteiger partial charge in [0.2, 0.25) is 0 Å². The first-order chi connectivity index (χ1) is 5.86. The molecular weight excluding hydrogens is 154 g/mol. The Morgan fingerprint density at radius 1 is 1.67 bits per heavy atom. The van der Waals surface area contributed by atoms with Gasteiger partial charge in [-0.2, -0.15) is 5.10 Å². The van der Waals surface area contributed by atoms with E-state index in [1.807, 2.05) is 6.07 Å². The number of nitrogens with zero attached hydrogens (tertiary/aromatic N) is 1. The zero-order valence-electron chi connectivity index (χ0n) is 6.92. The van der Waals surface area contributed by atoms with Crippen molar-refractivity contribution in [2.75, 3.05) is 18.9 Å². The molecule has 0 bridgehead atoms. The van der Waals surface area contributed by atoms with E-state index in [9.17, 15) is 0 Å². The Kier molecular flexibility index (Phi) is 1.99. The Bertz CT molecular complexity index is 253. The van der Waals surface area contributed by atoms with Gasteiger partial charge in [0.25, 0.3) is 0 Å². The normalized spacial score (nSPS) is 24.2. The molecule has 12 heavy (non-hydrogen) atoms. The highest BCUT2D eigenvalue weighted by Crippen LogP contribution is 2.24. The van der Waals surface area contributed by atoms with Crippen molar-refractivity contribution < 1.29 is 4.74 Å². The van der Waals surface area contributed by atoms with E-state index in [-0.39, 0.29) is 0 Å². The maximum atomic E-state index is 5.50. The van der Waals surface area contributed by atoms with Crippen molar-refractivity contribution in [3.63, 3.8) is 0 Å². The van der Waals surface area contributed by atoms with Gasteiger partial charge < -0.3 is 10.5 Å². The lowest BCUT2D eigenvalue weighted by Gasteiger charge is -2.20. The second-order valence-corrected chi connectivity index (χ2v) is 3.16. The topological polar surface area (TPSA) is 63.9 Å². The third kappa shape index (κ3) is 1.43. The number of nitrogen functional groups attached to an aromatic ring is 1. The van der Waals surface area contributed by atoms with Gasteiger partial charge in [0.15, 0.2) is 0 Å². The van der Waals surface area contributed by atoms with Crippen LogP contribution in [-0.2, 0) is 4.74 Å². The predicted octanol–water partition coefficient (Wildman–Crippen LogP) is 0.886. The van der Waals surface area contributed by atoms with Crippen LogP contribution in [0.15, 0.2) is 6.07 Å². The van der Waals surface area contributed by atoms with Gasteiger partial charge in [-0.25, -0.2) is 0 Å². The minimum Gasteiger partial charge on any atom is -0.382 e. The minimum absolute atomic E-state index is 0.462. The molecular formula is C8H13N3O. The standard InChI is InChI=1S/C8H13N3O/c9-8-4-7(10-11-8)6-2-1-3-12-5-6/h4,6H,1-3,5H2,(H3,9,10,11). The molecule has 1 aliphatic rings. The zero-order chi connectivity index (χ0) is 8.39. The second kappa shape index (κ2) is 3.15. The molecule has 0 aliphatic carbocycles. The highest BCUT2D eigenvalue weighted by Gasteiger charge is 2.17. The van der Waals surface area contributed by atoms with Crippen molar-refractivity contribution in [1.82, 2.24) is 10.2 Å². The van der Waals surface area contributed by atoms with Crippen LogP contribution >= 0.6 is 0 Å². The fourth-order valence-electron chi connectivity index (χ4n) is 1.55. The van der Waals surface area contributed by atoms with Crippen molar-refractivity contribution in [2.24, 2.45) is 0 Å². The lowest BCUT2D eigenvalue weighted by atomic mass is 9.99. The first-order valence-corrected chi connectivity index (χ1v) is 4.25. The number of aromatic nitrogens is 2. The zero-order valence-corrected chi connectivity index (χ0v) is 6.92. The predicted molar refractivity (Wildman–Crippen MR) is 45.8 cm³/mol. The second-order valence-electron chi connectivity index (χ2n) is 3.16. The molecule has 1 unspecified atom stereocenters. The summed E-state index contributed by atoms with van der Waals surface area (Å²) >= 11 is 0. The molecule has 4 heteroatoms. The Morgan fingerprint density at radius 3 is 3.17 bits per heavy atom. The number of nitrogens with two attached hydrogens (primary N) is 1. The van der Waals surface area contributed by atoms with Crippen LogP contribution in [0.5, 0.6) is 0 Å². The molecule has 0 spiro atoms. The van der Waals surface area contributed by atoms with E-state index in [1.54, 1.807) is 0 Å². The Morgan fingerprint density at radius 2 is 2.58 bits per heavy atom. The Labute approximate surface area is 71.1 Å². The maximum absolute atomic E-state index is 5.50. The molecule has 1 saturated heterocycles. The number of aromatic amines is 1. The van der Waals surface area contributed by atoms with Crippen molar-refractivity contribution in [3.05, 3.63) is 11.8 Å². The summed E-state index contributed by atoms with van der Waals surface area (Å²) in [5.41, 5.74) is 6.61. The molecule has 3 N–H and O–H groups in total. The average Bonchev–Trinajstić information content (AvgIpc) is 2.54. The van der Waals surface area contributed by atoms with Gasteiger partial charge in [0.05, 0.1) is 6.61 Å². The lowest BCUT2D eigenvalue weighted by molar-refractivity contribution is 0.0793. The van der Waals surface area contributed by atoms with Gasteiger partial charge in [-0.1, -0.05) is 0 Å². The quantitative estimate of drug-likeness (QED) is 0.652. The summed E-state index contributed by atoms with van der Waals surface area (Å²) in [4.78, 5) is 0. The first kappa shape index (κ1) is 7.61. The smallest absolute Gasteiger partial charge is 0.145 e. The monoisotopic (exact) mass is 167 g/mol. The molecule has 1 aliphatic heterocycles. The number of rotatable bonds is 1. The van der Waals surface area contributed by atoms with Crippen LogP contribution in [0.2, 0.25) is 0 Å². The van der Waals surface area contributed by atoms with E-state index >= 15 is 0 Å². The summed E-state index contributed by atoms with van der Waals surface area (Å²) in [5, 5.41) is 6.81. The van der Waals surface area contributed by atoms with Gasteiger partial charge in [-0.15, -0.1) is 0 Å². The molecule has 0 aromatic carbocycles. The van der Waals surface area contributed by atoms with Crippen LogP contribution in [0.3, 0.4) is 0 Å². The number of hydrogen-bond donors (Lipinski definition) is 2. The summed E-state index contributed by atoms with van der Waals surface area (Å²) in [7, 11) is 0. The van der Waals surface area contributed by atoms with E-state index in [1.165, 1.54) is 6.42 Å². The average molecular weight is 167 g/mol. The molecule has 2 rings (SSSR count). The van der Waals surface area contributed by atoms with Crippen molar-refractivity contribution in [3.8, 4) is 0 Å². The van der Waals surface area contributed by atoms with E-state index in [2.05, 4.69) is 10.2 Å². The molecule has 1 aromatic heterocycles. The summed E-state index contributed by atoms with van der Waals surface area (Å²) in [6, 6.07) is 1.89. The molecule has 1 atom stereocenters. The van der Waals surface area contributed by atoms with Crippen LogP contribution in [0, 0.1) is 0 Å². The number of anilines is 1. The van der Waals surface area contributed by atoms with E-state index < -0.39 is 0 Å². The molecule has 2 heterocycles. The number of hydrogen-bond acceptors (Lipinski definition) is 3. The van der Waals surface area contributed by atoms with E-state index in [0.29, 0.717) is 11.7 Å². The van der Waals surface area contributed by atoms with E-state index in [0.717, 1.165) is 25.3 Å². The molecule has 0 saturated carbocycles. The van der Waals surface area contributed by atoms with Crippen LogP contribution in [0.1, 0.15) is 24.5 Å². The van der Waals surface area contributed by atoms with Gasteiger partial charge >= 0.3 is 0 Å². The Balaban J connectivity index is 2.08. The maximum Gasteiger partial charge on any atom is 0.145 e. The summed E-state index contributed by atoms with van der Waals surface area (Å²) in [5.74, 6) is 1.03. The SMILES string of the molecule is Nc1cc(C2CCCOC2)[nH]n1. The Hall–Kier alpha value is -1.03. The van der Waals surface area contributed by atoms with Crippen LogP contribution < -0.4 is 5.73 Å². The lowest BCUT2D eigenvalue weighted by Crippen LogP contribution is -2.15. The third-order valence-corrected chi connectivity index (χ3v) is 2.22. The largest absolute Gasteiger partial charge is 0.382 e. The number of H-pyrrole nitrogens is 1. The highest BCUT2D eigenvalue weighted by molar-refractivity contribution is 5.30. The molecule has 4 nitrogen and oxygen atoms in total. The summed E-state index contributed by atoms with van der Waals surface area (Å²) < 4.78 is 5.36. The third-order valence-electron chi connectivity index (χ3n) is 2.22. The molecule has 1 aromatic rings. The minimum atomic E-state index is 0.462. The summed E-state index contributed by atoms with van der Waals surface area (Å²) in [6.45, 7) is 1.68. The first-order valence-electron chi connectivity index (χ1n) is 4.25. The van der Waals surface area contributed by atoms with E-state index in [4.69, 9.17) is 10.5 Å². The molecule has 66 valence electrons. The van der Waals surface area contributed by atoms with Crippen LogP contribution in [0.4, 0.5) is 5.82 Å². The van der Waals surface area contributed by atoms with Crippen molar-refractivity contribution >= 4 is 5.82 Å². The van der Waals surface area contributed by atoms with Crippen molar-refractivity contribution in [2.45, 2.75) is 18.8 Å². The van der Waals surface area contributed by atoms with Crippen LogP contribution in [0.25, 0.3) is 0 Å². The van der Waals surface area contributed by atoms with Gasteiger partial charge in [-0.3, -0.25) is 5.10 Å². The fraction of sp³-hybridized carbons (Fsp3) is 0.625. The molecule has 0 amide bonds. The molecule has 0 radical (unpaired) electrons. The van der Waals surface area contributed by atoms with Gasteiger partial charge in [0.1, 0.15) is 5.82 Å². The van der Waals surface area contributed by atoms with Gasteiger partial charge in [-0.05, 0) is 12.8 Å². The van der Waals surface area contributed by atoms with Gasteiger partial charge in [0, 0.05) is 24.3 Å². The fourth-order valence-corrected chi connectivity index (χ4v) is 1.55. The summed E-state index contributed by atoms with van der Waals surface area (Å²) in [6.07, 6.45) is 2.30. The molecule has 1 fully saturated rings. The highest BCUT2D eigenvalue weighted by atomic mass is 16.5.